The largest absolute Gasteiger partial charge is 0.494 e. The number of nitrogens with two attached hydrogens (primary N) is 1. The first-order chi connectivity index (χ1) is 14.6. The van der Waals surface area contributed by atoms with Crippen LogP contribution in [0.2, 0.25) is 0 Å². The second kappa shape index (κ2) is 7.97. The van der Waals surface area contributed by atoms with Gasteiger partial charge in [0.15, 0.2) is 11.6 Å². The van der Waals surface area contributed by atoms with Crippen molar-refractivity contribution in [2.24, 2.45) is 17.8 Å². The summed E-state index contributed by atoms with van der Waals surface area (Å²) in [6.07, 6.45) is 11.8. The van der Waals surface area contributed by atoms with E-state index in [1.54, 1.807) is 6.33 Å². The van der Waals surface area contributed by atoms with Gasteiger partial charge in [-0.15, -0.1) is 0 Å². The monoisotopic (exact) mass is 407 g/mol. The molecule has 160 valence electrons. The second-order valence-corrected chi connectivity index (χ2v) is 9.66. The van der Waals surface area contributed by atoms with E-state index < -0.39 is 0 Å². The fourth-order valence-electron chi connectivity index (χ4n) is 6.22. The Balaban J connectivity index is 1.28. The Kier molecular flexibility index (Phi) is 5.17. The molecule has 4 N–H and O–H groups in total. The zero-order valence-electron chi connectivity index (χ0n) is 17.9. The Morgan fingerprint density at radius 1 is 1.00 bits per heavy atom. The number of nitrogen functional groups attached to an aromatic ring is 1. The minimum Gasteiger partial charge on any atom is -0.494 e. The number of aromatic nitrogens is 2. The molecule has 0 unspecified atom stereocenters. The summed E-state index contributed by atoms with van der Waals surface area (Å²) in [5, 5.41) is 7.13. The predicted molar refractivity (Wildman–Crippen MR) is 121 cm³/mol. The summed E-state index contributed by atoms with van der Waals surface area (Å²) in [4.78, 5) is 8.90. The Hall–Kier alpha value is -2.50. The van der Waals surface area contributed by atoms with Gasteiger partial charge in [0.2, 0.25) is 0 Å². The van der Waals surface area contributed by atoms with Crippen molar-refractivity contribution in [3.63, 3.8) is 0 Å². The van der Waals surface area contributed by atoms with Gasteiger partial charge in [-0.2, -0.15) is 0 Å². The molecule has 4 bridgehead atoms. The third-order valence-electron chi connectivity index (χ3n) is 7.19. The third kappa shape index (κ3) is 3.92. The van der Waals surface area contributed by atoms with Gasteiger partial charge in [0.25, 0.3) is 0 Å². The van der Waals surface area contributed by atoms with Crippen molar-refractivity contribution in [1.29, 1.82) is 0 Å². The van der Waals surface area contributed by atoms with Crippen molar-refractivity contribution < 1.29 is 4.74 Å². The fourth-order valence-corrected chi connectivity index (χ4v) is 6.22. The summed E-state index contributed by atoms with van der Waals surface area (Å²) in [5.74, 6) is 4.94. The highest BCUT2D eigenvalue weighted by atomic mass is 16.5. The predicted octanol–water partition coefficient (Wildman–Crippen LogP) is 5.36. The molecule has 6 nitrogen and oxygen atoms in total. The van der Waals surface area contributed by atoms with Crippen molar-refractivity contribution in [1.82, 2.24) is 9.97 Å². The number of nitrogens with one attached hydrogen (secondary N) is 2. The summed E-state index contributed by atoms with van der Waals surface area (Å²) >= 11 is 0. The molecule has 0 spiro atoms. The molecule has 30 heavy (non-hydrogen) atoms. The lowest BCUT2D eigenvalue weighted by Crippen LogP contribution is -2.55. The maximum absolute atomic E-state index is 6.50. The number of nitrogens with zero attached hydrogens (tertiary/aromatic N) is 2. The van der Waals surface area contributed by atoms with E-state index >= 15 is 0 Å². The lowest BCUT2D eigenvalue weighted by Gasteiger charge is -2.57. The number of benzene rings is 1. The van der Waals surface area contributed by atoms with Gasteiger partial charge in [-0.05, 0) is 87.0 Å². The minimum atomic E-state index is 0.173. The highest BCUT2D eigenvalue weighted by molar-refractivity contribution is 5.78. The van der Waals surface area contributed by atoms with Crippen molar-refractivity contribution in [2.75, 3.05) is 23.0 Å². The van der Waals surface area contributed by atoms with Crippen LogP contribution in [0.5, 0.6) is 5.75 Å². The number of unbranched alkanes of at least 4 members (excludes halogenated alkanes) is 1. The van der Waals surface area contributed by atoms with Crippen LogP contribution in [0.15, 0.2) is 30.6 Å². The molecule has 4 aliphatic carbocycles. The van der Waals surface area contributed by atoms with E-state index in [9.17, 15) is 0 Å². The lowest BCUT2D eigenvalue weighted by molar-refractivity contribution is 0.0106. The normalized spacial score (nSPS) is 29.0. The van der Waals surface area contributed by atoms with Crippen LogP contribution in [-0.2, 0) is 0 Å². The standard InChI is InChI=1S/C24H33N5O/c1-2-3-8-30-20-6-4-19(5-7-20)28-22-21(25)23(27-15-26-22)29-24-12-16-9-17(13-24)11-18(10-16)14-24/h4-7,15-18H,2-3,8-14,25H2,1H3,(H2,26,27,28,29). The number of hydrogen-bond acceptors (Lipinski definition) is 6. The first kappa shape index (κ1) is 19.5. The van der Waals surface area contributed by atoms with Crippen LogP contribution in [0, 0.1) is 17.8 Å². The molecule has 0 aliphatic heterocycles. The Morgan fingerprint density at radius 3 is 2.27 bits per heavy atom. The SMILES string of the molecule is CCCCOc1ccc(Nc2ncnc(NC34CC5CC(CC(C5)C3)C4)c2N)cc1. The van der Waals surface area contributed by atoms with Crippen molar-refractivity contribution >= 4 is 23.0 Å². The summed E-state index contributed by atoms with van der Waals surface area (Å²) in [6.45, 7) is 2.91. The van der Waals surface area contributed by atoms with E-state index in [0.29, 0.717) is 11.5 Å². The topological polar surface area (TPSA) is 85.1 Å². The summed E-state index contributed by atoms with van der Waals surface area (Å²) in [6, 6.07) is 7.94. The average molecular weight is 408 g/mol. The van der Waals surface area contributed by atoms with Gasteiger partial charge in [0.1, 0.15) is 17.8 Å². The minimum absolute atomic E-state index is 0.173. The Morgan fingerprint density at radius 2 is 1.63 bits per heavy atom. The summed E-state index contributed by atoms with van der Waals surface area (Å²) < 4.78 is 5.74. The fraction of sp³-hybridized carbons (Fsp3) is 0.583. The molecule has 4 saturated carbocycles. The molecule has 0 atom stereocenters. The lowest BCUT2D eigenvalue weighted by atomic mass is 9.53. The second-order valence-electron chi connectivity index (χ2n) is 9.66. The van der Waals surface area contributed by atoms with E-state index in [2.05, 4.69) is 27.5 Å². The van der Waals surface area contributed by atoms with Crippen LogP contribution < -0.4 is 21.1 Å². The molecule has 0 radical (unpaired) electrons. The first-order valence-electron chi connectivity index (χ1n) is 11.5. The average Bonchev–Trinajstić information content (AvgIpc) is 2.71. The molecule has 1 aromatic carbocycles. The van der Waals surface area contributed by atoms with Crippen LogP contribution in [0.1, 0.15) is 58.3 Å². The van der Waals surface area contributed by atoms with Crippen LogP contribution >= 0.6 is 0 Å². The molecule has 0 amide bonds. The molecule has 2 aromatic rings. The van der Waals surface area contributed by atoms with Crippen molar-refractivity contribution in [3.05, 3.63) is 30.6 Å². The van der Waals surface area contributed by atoms with Gasteiger partial charge >= 0.3 is 0 Å². The smallest absolute Gasteiger partial charge is 0.159 e. The van der Waals surface area contributed by atoms with Crippen LogP contribution in [-0.4, -0.2) is 22.1 Å². The van der Waals surface area contributed by atoms with E-state index in [-0.39, 0.29) is 5.54 Å². The van der Waals surface area contributed by atoms with Gasteiger partial charge in [-0.1, -0.05) is 13.3 Å². The highest BCUT2D eigenvalue weighted by Gasteiger charge is 2.51. The van der Waals surface area contributed by atoms with Gasteiger partial charge in [0, 0.05) is 11.2 Å². The third-order valence-corrected chi connectivity index (χ3v) is 7.19. The molecule has 1 aromatic heterocycles. The Bertz CT molecular complexity index is 846. The first-order valence-corrected chi connectivity index (χ1v) is 11.5. The van der Waals surface area contributed by atoms with Crippen LogP contribution in [0.25, 0.3) is 0 Å². The molecule has 4 fully saturated rings. The van der Waals surface area contributed by atoms with E-state index in [0.717, 1.165) is 54.5 Å². The zero-order valence-corrected chi connectivity index (χ0v) is 17.9. The zero-order chi connectivity index (χ0) is 20.6. The summed E-state index contributed by atoms with van der Waals surface area (Å²) in [5.41, 5.74) is 8.20. The van der Waals surface area contributed by atoms with Gasteiger partial charge < -0.3 is 21.1 Å². The van der Waals surface area contributed by atoms with Gasteiger partial charge in [0.05, 0.1) is 6.61 Å². The van der Waals surface area contributed by atoms with E-state index in [1.807, 2.05) is 24.3 Å². The van der Waals surface area contributed by atoms with Crippen molar-refractivity contribution in [3.8, 4) is 5.75 Å². The molecule has 4 aliphatic rings. The van der Waals surface area contributed by atoms with Gasteiger partial charge in [-0.25, -0.2) is 9.97 Å². The van der Waals surface area contributed by atoms with Crippen molar-refractivity contribution in [2.45, 2.75) is 63.8 Å². The number of hydrogen-bond donors (Lipinski definition) is 3. The molecule has 6 rings (SSSR count). The molecular formula is C24H33N5O. The maximum atomic E-state index is 6.50. The van der Waals surface area contributed by atoms with Gasteiger partial charge in [-0.3, -0.25) is 0 Å². The molecular weight excluding hydrogens is 374 g/mol. The maximum Gasteiger partial charge on any atom is 0.159 e. The van der Waals surface area contributed by atoms with E-state index in [4.69, 9.17) is 10.5 Å². The number of rotatable bonds is 8. The quantitative estimate of drug-likeness (QED) is 0.511. The molecule has 6 heteroatoms. The van der Waals surface area contributed by atoms with Crippen LogP contribution in [0.3, 0.4) is 0 Å². The summed E-state index contributed by atoms with van der Waals surface area (Å²) in [7, 11) is 0. The van der Waals surface area contributed by atoms with E-state index in [1.165, 1.54) is 38.5 Å². The highest BCUT2D eigenvalue weighted by Crippen LogP contribution is 2.56. The molecule has 1 heterocycles. The van der Waals surface area contributed by atoms with Crippen LogP contribution in [0.4, 0.5) is 23.0 Å². The number of ether oxygens (including phenoxy) is 1. The Labute approximate surface area is 179 Å². The number of anilines is 4. The molecule has 0 saturated heterocycles.